The molecule has 0 aliphatic carbocycles. The summed E-state index contributed by atoms with van der Waals surface area (Å²) in [6, 6.07) is 7.57. The summed E-state index contributed by atoms with van der Waals surface area (Å²) >= 11 is 7.72. The van der Waals surface area contributed by atoms with Gasteiger partial charge in [0.15, 0.2) is 16.7 Å². The molecule has 1 saturated heterocycles. The summed E-state index contributed by atoms with van der Waals surface area (Å²) in [5, 5.41) is 12.4. The minimum Gasteiger partial charge on any atom is -0.488 e. The molecule has 2 aromatic heterocycles. The molecule has 1 N–H and O–H groups in total. The van der Waals surface area contributed by atoms with Gasteiger partial charge in [-0.15, -0.1) is 11.3 Å². The van der Waals surface area contributed by atoms with Gasteiger partial charge in [-0.1, -0.05) is 17.7 Å². The summed E-state index contributed by atoms with van der Waals surface area (Å²) < 4.78 is 11.3. The van der Waals surface area contributed by atoms with Crippen LogP contribution in [0.2, 0.25) is 5.02 Å². The fourth-order valence-corrected chi connectivity index (χ4v) is 6.10. The monoisotopic (exact) mass is 570 g/mol. The van der Waals surface area contributed by atoms with E-state index in [0.717, 1.165) is 47.6 Å². The maximum absolute atomic E-state index is 13.5. The van der Waals surface area contributed by atoms with E-state index in [4.69, 9.17) is 26.1 Å². The van der Waals surface area contributed by atoms with Crippen molar-refractivity contribution in [3.05, 3.63) is 40.9 Å². The lowest BCUT2D eigenvalue weighted by atomic mass is 9.86. The van der Waals surface area contributed by atoms with E-state index in [-0.39, 0.29) is 18.2 Å². The fourth-order valence-electron chi connectivity index (χ4n) is 5.13. The van der Waals surface area contributed by atoms with Crippen LogP contribution in [0.25, 0.3) is 22.4 Å². The van der Waals surface area contributed by atoms with Gasteiger partial charge in [-0.25, -0.2) is 9.97 Å². The molecule has 9 nitrogen and oxygen atoms in total. The van der Waals surface area contributed by atoms with Gasteiger partial charge >= 0.3 is 5.97 Å². The number of hydrogen-bond acceptors (Lipinski definition) is 8. The Morgan fingerprint density at radius 3 is 2.79 bits per heavy atom. The number of ether oxygens (including phenoxy) is 2. The van der Waals surface area contributed by atoms with Crippen LogP contribution in [-0.4, -0.2) is 67.4 Å². The van der Waals surface area contributed by atoms with Crippen molar-refractivity contribution in [3.8, 4) is 28.1 Å². The standard InChI is InChI=1S/C28H31ClN4O5S/c1-32-7-10-38-24-12-19(15-30-26(24)32)21-4-3-20(29)14-22(21)23-16-39-28(31-23)33(2)27(36)18(13-25(34)35)11-17-5-8-37-9-6-17/h3-4,12,14-18H,5-11,13H2,1-2H3,(H,34,35)/t18-/m1/s1. The Bertz CT molecular complexity index is 1360. The molecule has 0 radical (unpaired) electrons. The largest absolute Gasteiger partial charge is 0.488 e. The van der Waals surface area contributed by atoms with Crippen molar-refractivity contribution < 1.29 is 24.2 Å². The van der Waals surface area contributed by atoms with Crippen LogP contribution in [0.4, 0.5) is 10.9 Å². The van der Waals surface area contributed by atoms with E-state index in [9.17, 15) is 14.7 Å². The van der Waals surface area contributed by atoms with Crippen molar-refractivity contribution in [1.29, 1.82) is 0 Å². The Balaban J connectivity index is 1.41. The minimum atomic E-state index is -0.981. The number of hydrogen-bond donors (Lipinski definition) is 1. The number of aromatic nitrogens is 2. The number of anilines is 2. The molecule has 2 aliphatic rings. The Kier molecular flexibility index (Phi) is 8.34. The van der Waals surface area contributed by atoms with Gasteiger partial charge < -0.3 is 19.5 Å². The molecule has 1 aromatic carbocycles. The third-order valence-corrected chi connectivity index (χ3v) is 8.44. The maximum atomic E-state index is 13.5. The van der Waals surface area contributed by atoms with Crippen molar-refractivity contribution in [2.75, 3.05) is 50.3 Å². The lowest BCUT2D eigenvalue weighted by Crippen LogP contribution is -2.35. The van der Waals surface area contributed by atoms with Crippen LogP contribution < -0.4 is 14.5 Å². The number of rotatable bonds is 8. The first-order valence-electron chi connectivity index (χ1n) is 13.0. The predicted octanol–water partition coefficient (Wildman–Crippen LogP) is 5.22. The van der Waals surface area contributed by atoms with E-state index < -0.39 is 11.9 Å². The fraction of sp³-hybridized carbons (Fsp3) is 0.429. The molecular formula is C28H31ClN4O5S. The molecule has 1 fully saturated rings. The number of amides is 1. The summed E-state index contributed by atoms with van der Waals surface area (Å²) in [6.45, 7) is 2.67. The number of pyridine rings is 1. The highest BCUT2D eigenvalue weighted by molar-refractivity contribution is 7.14. The normalized spacial score (nSPS) is 16.3. The molecule has 0 unspecified atom stereocenters. The average molecular weight is 571 g/mol. The number of nitrogens with zero attached hydrogens (tertiary/aromatic N) is 4. The molecule has 0 spiro atoms. The minimum absolute atomic E-state index is 0.209. The highest BCUT2D eigenvalue weighted by Gasteiger charge is 2.30. The summed E-state index contributed by atoms with van der Waals surface area (Å²) in [4.78, 5) is 38.0. The van der Waals surface area contributed by atoms with Crippen molar-refractivity contribution in [2.24, 2.45) is 11.8 Å². The Hall–Kier alpha value is -3.21. The first-order chi connectivity index (χ1) is 18.8. The second-order valence-electron chi connectivity index (χ2n) is 10.0. The zero-order chi connectivity index (χ0) is 27.5. The number of fused-ring (bicyclic) bond motifs is 1. The first-order valence-corrected chi connectivity index (χ1v) is 14.2. The van der Waals surface area contributed by atoms with Crippen LogP contribution in [0.15, 0.2) is 35.8 Å². The number of carboxylic acids is 1. The molecule has 4 heterocycles. The number of thiazole rings is 1. The van der Waals surface area contributed by atoms with Crippen molar-refractivity contribution in [2.45, 2.75) is 25.7 Å². The van der Waals surface area contributed by atoms with Crippen LogP contribution in [0.5, 0.6) is 5.75 Å². The second-order valence-corrected chi connectivity index (χ2v) is 11.3. The van der Waals surface area contributed by atoms with E-state index in [1.54, 1.807) is 7.05 Å². The van der Waals surface area contributed by atoms with Gasteiger partial charge in [-0.2, -0.15) is 0 Å². The highest BCUT2D eigenvalue weighted by atomic mass is 35.5. The quantitative estimate of drug-likeness (QED) is 0.393. The van der Waals surface area contributed by atoms with Gasteiger partial charge in [0.2, 0.25) is 5.91 Å². The van der Waals surface area contributed by atoms with E-state index in [1.165, 1.54) is 16.2 Å². The number of carbonyl (C=O) groups excluding carboxylic acids is 1. The number of carbonyl (C=O) groups is 2. The van der Waals surface area contributed by atoms with Gasteiger partial charge in [0.05, 0.1) is 18.7 Å². The Morgan fingerprint density at radius 2 is 2.03 bits per heavy atom. The lowest BCUT2D eigenvalue weighted by Gasteiger charge is -2.27. The number of aliphatic carboxylic acids is 1. The molecule has 2 aliphatic heterocycles. The van der Waals surface area contributed by atoms with E-state index >= 15 is 0 Å². The highest BCUT2D eigenvalue weighted by Crippen LogP contribution is 2.39. The van der Waals surface area contributed by atoms with Gasteiger partial charge in [0.25, 0.3) is 0 Å². The van der Waals surface area contributed by atoms with Gasteiger partial charge in [0.1, 0.15) is 6.61 Å². The molecule has 0 saturated carbocycles. The van der Waals surface area contributed by atoms with E-state index in [2.05, 4.69) is 9.88 Å². The summed E-state index contributed by atoms with van der Waals surface area (Å²) in [5.41, 5.74) is 3.23. The van der Waals surface area contributed by atoms with Crippen molar-refractivity contribution >= 4 is 45.8 Å². The van der Waals surface area contributed by atoms with Gasteiger partial charge in [0, 0.05) is 61.0 Å². The van der Waals surface area contributed by atoms with Gasteiger partial charge in [-0.3, -0.25) is 14.5 Å². The Morgan fingerprint density at radius 1 is 1.23 bits per heavy atom. The maximum Gasteiger partial charge on any atom is 0.304 e. The molecule has 0 bridgehead atoms. The number of likely N-dealkylation sites (N-methyl/N-ethyl adjacent to an activating group) is 1. The van der Waals surface area contributed by atoms with Crippen LogP contribution >= 0.6 is 22.9 Å². The van der Waals surface area contributed by atoms with Crippen molar-refractivity contribution in [1.82, 2.24) is 9.97 Å². The van der Waals surface area contributed by atoms with Crippen molar-refractivity contribution in [3.63, 3.8) is 0 Å². The Labute approximate surface area is 236 Å². The van der Waals surface area contributed by atoms with E-state index in [0.29, 0.717) is 42.1 Å². The molecule has 1 amide bonds. The summed E-state index contributed by atoms with van der Waals surface area (Å²) in [7, 11) is 3.64. The summed E-state index contributed by atoms with van der Waals surface area (Å²) in [5.74, 6) is -0.0456. The third kappa shape index (κ3) is 6.18. The lowest BCUT2D eigenvalue weighted by molar-refractivity contribution is -0.141. The average Bonchev–Trinajstić information content (AvgIpc) is 3.42. The number of benzene rings is 1. The van der Waals surface area contributed by atoms with Crippen LogP contribution in [-0.2, 0) is 14.3 Å². The molecule has 5 rings (SSSR count). The van der Waals surface area contributed by atoms with Gasteiger partial charge in [-0.05, 0) is 48.9 Å². The van der Waals surface area contributed by atoms with Crippen LogP contribution in [0.1, 0.15) is 25.7 Å². The third-order valence-electron chi connectivity index (χ3n) is 7.29. The molecule has 3 aromatic rings. The SMILES string of the molecule is CN1CCOc2cc(-c3ccc(Cl)cc3-c3csc(N(C)C(=O)[C@@H](CC(=O)O)CC4CCOCC4)n3)cnc21. The number of halogens is 1. The molecule has 11 heteroatoms. The van der Waals surface area contributed by atoms with Crippen LogP contribution in [0, 0.1) is 11.8 Å². The molecule has 206 valence electrons. The number of carboxylic acid groups (broad SMARTS) is 1. The van der Waals surface area contributed by atoms with E-state index in [1.807, 2.05) is 42.9 Å². The topological polar surface area (TPSA) is 105 Å². The second kappa shape index (κ2) is 11.9. The van der Waals surface area contributed by atoms with Crippen LogP contribution in [0.3, 0.4) is 0 Å². The first kappa shape index (κ1) is 27.4. The zero-order valence-corrected chi connectivity index (χ0v) is 23.5. The summed E-state index contributed by atoms with van der Waals surface area (Å²) in [6.07, 6.45) is 3.81. The molecular weight excluding hydrogens is 540 g/mol. The zero-order valence-electron chi connectivity index (χ0n) is 21.9. The predicted molar refractivity (Wildman–Crippen MR) is 152 cm³/mol. The molecule has 39 heavy (non-hydrogen) atoms. The smallest absolute Gasteiger partial charge is 0.304 e. The molecule has 1 atom stereocenters.